The summed E-state index contributed by atoms with van der Waals surface area (Å²) >= 11 is 9.01. The Morgan fingerprint density at radius 1 is 1.64 bits per heavy atom. The molecular weight excluding hydrogens is 265 g/mol. The molecule has 1 N–H and O–H groups in total. The lowest BCUT2D eigenvalue weighted by Crippen LogP contribution is -2.28. The monoisotopic (exact) mass is 275 g/mol. The highest BCUT2D eigenvalue weighted by Crippen LogP contribution is 2.23. The van der Waals surface area contributed by atoms with Crippen LogP contribution in [0.25, 0.3) is 0 Å². The van der Waals surface area contributed by atoms with Gasteiger partial charge in [-0.1, -0.05) is 6.08 Å². The van der Waals surface area contributed by atoms with Gasteiger partial charge in [0.25, 0.3) is 0 Å². The van der Waals surface area contributed by atoms with Crippen molar-refractivity contribution in [2.75, 3.05) is 5.32 Å². The van der Waals surface area contributed by atoms with Crippen molar-refractivity contribution in [3.8, 4) is 0 Å². The van der Waals surface area contributed by atoms with Crippen LogP contribution in [-0.2, 0) is 0 Å². The van der Waals surface area contributed by atoms with Crippen LogP contribution in [0.2, 0.25) is 5.28 Å². The quantitative estimate of drug-likeness (QED) is 0.680. The fraction of sp³-hybridized carbons (Fsp3) is 0.333. The minimum absolute atomic E-state index is 0.218. The second-order valence-electron chi connectivity index (χ2n) is 3.39. The number of aromatic nitrogens is 2. The highest BCUT2D eigenvalue weighted by molar-refractivity contribution is 9.10. The highest BCUT2D eigenvalue weighted by atomic mass is 79.9. The lowest BCUT2D eigenvalue weighted by Gasteiger charge is -2.22. The van der Waals surface area contributed by atoms with Crippen LogP contribution < -0.4 is 5.32 Å². The van der Waals surface area contributed by atoms with Crippen molar-refractivity contribution in [1.29, 1.82) is 0 Å². The molecule has 5 heteroatoms. The second-order valence-corrected chi connectivity index (χ2v) is 4.58. The summed E-state index contributed by atoms with van der Waals surface area (Å²) in [7, 11) is 0. The molecule has 1 aromatic rings. The molecule has 0 spiro atoms. The summed E-state index contributed by atoms with van der Waals surface area (Å²) in [4.78, 5) is 7.89. The van der Waals surface area contributed by atoms with Gasteiger partial charge in [0.05, 0.1) is 10.0 Å². The predicted octanol–water partition coefficient (Wildman–Crippen LogP) is 3.27. The third-order valence-electron chi connectivity index (χ3n) is 1.67. The summed E-state index contributed by atoms with van der Waals surface area (Å²) in [5.74, 6) is 0.662. The zero-order valence-corrected chi connectivity index (χ0v) is 10.4. The van der Waals surface area contributed by atoms with E-state index in [0.717, 1.165) is 4.47 Å². The summed E-state index contributed by atoms with van der Waals surface area (Å²) in [6.45, 7) is 7.70. The Morgan fingerprint density at radius 3 is 2.86 bits per heavy atom. The fourth-order valence-corrected chi connectivity index (χ4v) is 1.21. The minimum Gasteiger partial charge on any atom is -0.361 e. The van der Waals surface area contributed by atoms with Gasteiger partial charge in [-0.05, 0) is 41.4 Å². The van der Waals surface area contributed by atoms with E-state index in [-0.39, 0.29) is 10.8 Å². The van der Waals surface area contributed by atoms with Crippen LogP contribution in [0.1, 0.15) is 13.8 Å². The van der Waals surface area contributed by atoms with E-state index in [1.165, 1.54) is 0 Å². The standard InChI is InChI=1S/C9H11BrClN3/c1-4-9(2,3)14-7-6(10)5-12-8(11)13-7/h4-5H,1H2,2-3H3,(H,12,13,14). The number of rotatable bonds is 3. The second kappa shape index (κ2) is 4.28. The highest BCUT2D eigenvalue weighted by Gasteiger charge is 2.15. The molecule has 14 heavy (non-hydrogen) atoms. The number of hydrogen-bond donors (Lipinski definition) is 1. The normalized spacial score (nSPS) is 11.1. The third kappa shape index (κ3) is 2.96. The van der Waals surface area contributed by atoms with Crippen molar-refractivity contribution >= 4 is 33.3 Å². The van der Waals surface area contributed by atoms with E-state index in [2.05, 4.69) is 37.8 Å². The Hall–Kier alpha value is -0.610. The zero-order valence-electron chi connectivity index (χ0n) is 8.01. The van der Waals surface area contributed by atoms with Crippen molar-refractivity contribution in [2.24, 2.45) is 0 Å². The molecule has 0 amide bonds. The van der Waals surface area contributed by atoms with E-state index in [9.17, 15) is 0 Å². The Bertz CT molecular complexity index is 352. The Labute approximate surface area is 96.7 Å². The van der Waals surface area contributed by atoms with Gasteiger partial charge in [-0.15, -0.1) is 6.58 Å². The van der Waals surface area contributed by atoms with Gasteiger partial charge >= 0.3 is 0 Å². The Kier molecular flexibility index (Phi) is 3.50. The average molecular weight is 277 g/mol. The maximum atomic E-state index is 5.68. The summed E-state index contributed by atoms with van der Waals surface area (Å²) in [6, 6.07) is 0. The number of anilines is 1. The average Bonchev–Trinajstić information content (AvgIpc) is 2.11. The molecule has 1 heterocycles. The fourth-order valence-electron chi connectivity index (χ4n) is 0.789. The van der Waals surface area contributed by atoms with Crippen molar-refractivity contribution in [3.05, 3.63) is 28.6 Å². The van der Waals surface area contributed by atoms with Gasteiger partial charge in [-0.2, -0.15) is 4.98 Å². The molecule has 3 nitrogen and oxygen atoms in total. The molecule has 0 atom stereocenters. The van der Waals surface area contributed by atoms with Gasteiger partial charge in [0, 0.05) is 6.20 Å². The molecule has 0 aromatic carbocycles. The Balaban J connectivity index is 2.96. The van der Waals surface area contributed by atoms with Crippen LogP contribution in [0.3, 0.4) is 0 Å². The van der Waals surface area contributed by atoms with Crippen LogP contribution in [0.5, 0.6) is 0 Å². The zero-order chi connectivity index (χ0) is 10.8. The van der Waals surface area contributed by atoms with E-state index in [0.29, 0.717) is 5.82 Å². The van der Waals surface area contributed by atoms with Gasteiger partial charge in [-0.25, -0.2) is 4.98 Å². The lowest BCUT2D eigenvalue weighted by molar-refractivity contribution is 0.708. The van der Waals surface area contributed by atoms with E-state index in [1.807, 2.05) is 13.8 Å². The molecule has 0 aliphatic rings. The predicted molar refractivity (Wildman–Crippen MR) is 62.6 cm³/mol. The maximum Gasteiger partial charge on any atom is 0.224 e. The van der Waals surface area contributed by atoms with E-state index in [1.54, 1.807) is 12.3 Å². The van der Waals surface area contributed by atoms with Crippen LogP contribution in [0.4, 0.5) is 5.82 Å². The number of nitrogens with zero attached hydrogens (tertiary/aromatic N) is 2. The van der Waals surface area contributed by atoms with Gasteiger partial charge in [-0.3, -0.25) is 0 Å². The van der Waals surface area contributed by atoms with Crippen molar-refractivity contribution in [2.45, 2.75) is 19.4 Å². The van der Waals surface area contributed by atoms with E-state index < -0.39 is 0 Å². The van der Waals surface area contributed by atoms with Crippen molar-refractivity contribution in [3.63, 3.8) is 0 Å². The SMILES string of the molecule is C=CC(C)(C)Nc1nc(Cl)ncc1Br. The first-order valence-electron chi connectivity index (χ1n) is 4.04. The molecule has 76 valence electrons. The molecule has 0 unspecified atom stereocenters. The molecular formula is C9H11BrClN3. The number of hydrogen-bond acceptors (Lipinski definition) is 3. The summed E-state index contributed by atoms with van der Waals surface area (Å²) in [5, 5.41) is 3.39. The first kappa shape index (κ1) is 11.5. The lowest BCUT2D eigenvalue weighted by atomic mass is 10.1. The van der Waals surface area contributed by atoms with Crippen LogP contribution in [0.15, 0.2) is 23.3 Å². The largest absolute Gasteiger partial charge is 0.361 e. The van der Waals surface area contributed by atoms with Crippen LogP contribution in [0, 0.1) is 0 Å². The number of nitrogens with one attached hydrogen (secondary N) is 1. The molecule has 1 aromatic heterocycles. The molecule has 0 bridgehead atoms. The maximum absolute atomic E-state index is 5.68. The number of halogens is 2. The third-order valence-corrected chi connectivity index (χ3v) is 2.43. The van der Waals surface area contributed by atoms with E-state index >= 15 is 0 Å². The smallest absolute Gasteiger partial charge is 0.224 e. The Morgan fingerprint density at radius 2 is 2.29 bits per heavy atom. The molecule has 0 saturated carbocycles. The first-order valence-corrected chi connectivity index (χ1v) is 5.21. The molecule has 0 aliphatic carbocycles. The van der Waals surface area contributed by atoms with E-state index in [4.69, 9.17) is 11.6 Å². The molecule has 0 saturated heterocycles. The van der Waals surface area contributed by atoms with Crippen LogP contribution >= 0.6 is 27.5 Å². The summed E-state index contributed by atoms with van der Waals surface area (Å²) < 4.78 is 0.775. The molecule has 0 radical (unpaired) electrons. The van der Waals surface area contributed by atoms with Crippen molar-refractivity contribution < 1.29 is 0 Å². The molecule has 0 aliphatic heterocycles. The van der Waals surface area contributed by atoms with Crippen LogP contribution in [-0.4, -0.2) is 15.5 Å². The molecule has 1 rings (SSSR count). The van der Waals surface area contributed by atoms with Gasteiger partial charge in [0.2, 0.25) is 5.28 Å². The summed E-state index contributed by atoms with van der Waals surface area (Å²) in [6.07, 6.45) is 3.41. The minimum atomic E-state index is -0.236. The summed E-state index contributed by atoms with van der Waals surface area (Å²) in [5.41, 5.74) is -0.236. The van der Waals surface area contributed by atoms with Gasteiger partial charge in [0.15, 0.2) is 0 Å². The van der Waals surface area contributed by atoms with Crippen molar-refractivity contribution in [1.82, 2.24) is 9.97 Å². The molecule has 0 fully saturated rings. The van der Waals surface area contributed by atoms with Gasteiger partial charge in [0.1, 0.15) is 5.82 Å². The topological polar surface area (TPSA) is 37.8 Å². The van der Waals surface area contributed by atoms with Gasteiger partial charge < -0.3 is 5.32 Å². The first-order chi connectivity index (χ1) is 6.44.